The van der Waals surface area contributed by atoms with Crippen LogP contribution in [0.1, 0.15) is 0 Å². The van der Waals surface area contributed by atoms with Gasteiger partial charge in [0.1, 0.15) is 0 Å². The molecule has 0 bridgehead atoms. The van der Waals surface area contributed by atoms with Crippen molar-refractivity contribution in [1.29, 1.82) is 0 Å². The number of ether oxygens (including phenoxy) is 1. The summed E-state index contributed by atoms with van der Waals surface area (Å²) in [6.45, 7) is 0. The van der Waals surface area contributed by atoms with Crippen molar-refractivity contribution in [2.45, 2.75) is 0 Å². The quantitative estimate of drug-likeness (QED) is 0.827. The van der Waals surface area contributed by atoms with Crippen molar-refractivity contribution < 1.29 is 4.74 Å². The Balaban J connectivity index is 2.16. The first kappa shape index (κ1) is 10.8. The molecule has 0 saturated carbocycles. The zero-order valence-electron chi connectivity index (χ0n) is 8.10. The first-order valence-electron chi connectivity index (χ1n) is 4.64. The van der Waals surface area contributed by atoms with E-state index >= 15 is 0 Å². The van der Waals surface area contributed by atoms with Gasteiger partial charge in [-0.2, -0.15) is 0 Å². The Kier molecular flexibility index (Phi) is 4.16. The normalized spacial score (nSPS) is 9.86. The standard InChI is InChI=1S/C12H9O.Cs/c1-3-7-11(8-4-1)13-12-9-5-2-6-10-12;/h1,3-10H;. The summed E-state index contributed by atoms with van der Waals surface area (Å²) in [5, 5.41) is 0. The average molecular weight is 302 g/mol. The molecule has 0 N–H and O–H groups in total. The van der Waals surface area contributed by atoms with Gasteiger partial charge in [0.15, 0.2) is 0 Å². The van der Waals surface area contributed by atoms with Gasteiger partial charge in [0.05, 0.1) is 0 Å². The van der Waals surface area contributed by atoms with Crippen LogP contribution >= 0.6 is 0 Å². The van der Waals surface area contributed by atoms with Crippen LogP contribution in [0.15, 0.2) is 54.6 Å². The summed E-state index contributed by atoms with van der Waals surface area (Å²) in [5.41, 5.74) is 0. The van der Waals surface area contributed by atoms with Crippen molar-refractivity contribution >= 4 is 62.9 Å². The molecular weight excluding hydrogens is 293 g/mol. The van der Waals surface area contributed by atoms with Crippen LogP contribution in [0.5, 0.6) is 11.5 Å². The zero-order valence-corrected chi connectivity index (χ0v) is 14.4. The van der Waals surface area contributed by atoms with Gasteiger partial charge in [-0.25, -0.2) is 0 Å². The van der Waals surface area contributed by atoms with Crippen LogP contribution in [0, 0.1) is 0 Å². The number of hydrogen-bond acceptors (Lipinski definition) is 1. The average Bonchev–Trinajstić information content (AvgIpc) is 2.23. The molecule has 64 valence electrons. The van der Waals surface area contributed by atoms with Crippen molar-refractivity contribution in [1.82, 2.24) is 0 Å². The van der Waals surface area contributed by atoms with Gasteiger partial charge in [-0.15, -0.1) is 0 Å². The molecule has 0 aliphatic carbocycles. The van der Waals surface area contributed by atoms with E-state index in [-0.39, 0.29) is 0 Å². The van der Waals surface area contributed by atoms with Crippen molar-refractivity contribution in [2.24, 2.45) is 0 Å². The minimum absolute atomic E-state index is 0.505. The van der Waals surface area contributed by atoms with Crippen LogP contribution in [-0.2, 0) is 0 Å². The number of hydrogen-bond donors (Lipinski definition) is 0. The van der Waals surface area contributed by atoms with E-state index in [9.17, 15) is 0 Å². The molecule has 0 amide bonds. The van der Waals surface area contributed by atoms with E-state index < -0.39 is 0 Å². The molecule has 0 radical (unpaired) electrons. The molecule has 0 aliphatic rings. The van der Waals surface area contributed by atoms with E-state index in [2.05, 4.69) is 12.1 Å². The summed E-state index contributed by atoms with van der Waals surface area (Å²) in [6.07, 6.45) is 0. The monoisotopic (exact) mass is 302 g/mol. The summed E-state index contributed by atoms with van der Waals surface area (Å²) in [6, 6.07) is 18.2. The fraction of sp³-hybridized carbons (Fsp3) is 0. The third-order valence-electron chi connectivity index (χ3n) is 2.00. The Morgan fingerprint density at radius 3 is 1.93 bits per heavy atom. The van der Waals surface area contributed by atoms with Crippen LogP contribution in [0.4, 0.5) is 0 Å². The van der Waals surface area contributed by atoms with E-state index in [0.29, 0.717) is 65.9 Å². The minimum atomic E-state index is 0.505. The van der Waals surface area contributed by atoms with E-state index in [0.717, 1.165) is 11.5 Å². The summed E-state index contributed by atoms with van der Waals surface area (Å²) >= 11 is 0.505. The summed E-state index contributed by atoms with van der Waals surface area (Å²) in [7, 11) is 0. The van der Waals surface area contributed by atoms with Gasteiger partial charge in [0.25, 0.3) is 0 Å². The second-order valence-corrected chi connectivity index (χ2v) is 6.85. The Hall–Kier alpha value is 0.292. The van der Waals surface area contributed by atoms with E-state index in [1.54, 1.807) is 0 Å². The Labute approximate surface area is 131 Å². The van der Waals surface area contributed by atoms with Crippen LogP contribution < -0.4 is 1.73 Å². The third kappa shape index (κ3) is 3.15. The molecule has 2 heteroatoms. The molecule has 0 heterocycles. The molecule has 14 heavy (non-hydrogen) atoms. The summed E-state index contributed by atoms with van der Waals surface area (Å²) in [4.78, 5) is 0. The Morgan fingerprint density at radius 2 is 1.29 bits per heavy atom. The van der Waals surface area contributed by atoms with Crippen molar-refractivity contribution in [3.63, 3.8) is 0 Å². The zero-order chi connectivity index (χ0) is 9.80. The van der Waals surface area contributed by atoms with Crippen LogP contribution in [-0.4, -0.2) is 65.9 Å². The molecule has 0 aliphatic heterocycles. The van der Waals surface area contributed by atoms with Gasteiger partial charge in [-0.05, 0) is 0 Å². The molecule has 0 spiro atoms. The maximum absolute atomic E-state index is 5.66. The predicted molar refractivity (Wildman–Crippen MR) is 58.3 cm³/mol. The number of rotatable bonds is 2. The number of benzene rings is 2. The summed E-state index contributed by atoms with van der Waals surface area (Å²) < 4.78 is 7.12. The van der Waals surface area contributed by atoms with Crippen molar-refractivity contribution in [3.8, 4) is 11.5 Å². The van der Waals surface area contributed by atoms with Gasteiger partial charge in [-0.3, -0.25) is 0 Å². The van der Waals surface area contributed by atoms with E-state index in [1.807, 2.05) is 42.5 Å². The molecule has 1 nitrogen and oxygen atoms in total. The van der Waals surface area contributed by atoms with Gasteiger partial charge in [-0.1, -0.05) is 0 Å². The van der Waals surface area contributed by atoms with Crippen LogP contribution in [0.2, 0.25) is 0 Å². The fourth-order valence-electron chi connectivity index (χ4n) is 1.23. The first-order chi connectivity index (χ1) is 6.84. The molecule has 0 atom stereocenters. The second kappa shape index (κ2) is 5.40. The fourth-order valence-corrected chi connectivity index (χ4v) is 2.28. The van der Waals surface area contributed by atoms with E-state index in [1.165, 1.54) is -3.01 Å². The molecule has 0 aromatic heterocycles. The predicted octanol–water partition coefficient (Wildman–Crippen LogP) is 2.27. The van der Waals surface area contributed by atoms with Crippen LogP contribution in [0.25, 0.3) is 0 Å². The first-order valence-corrected chi connectivity index (χ1v) is 7.78. The molecule has 2 aromatic carbocycles. The van der Waals surface area contributed by atoms with Gasteiger partial charge >= 0.3 is 134 Å². The topological polar surface area (TPSA) is 9.23 Å². The van der Waals surface area contributed by atoms with Crippen molar-refractivity contribution in [3.05, 3.63) is 54.6 Å². The molecule has 0 unspecified atom stereocenters. The molecule has 2 rings (SSSR count). The number of para-hydroxylation sites is 1. The molecule has 0 saturated heterocycles. The Bertz CT molecular complexity index is 394. The molecular formula is C12H9CsO. The van der Waals surface area contributed by atoms with Gasteiger partial charge < -0.3 is 0 Å². The van der Waals surface area contributed by atoms with Crippen molar-refractivity contribution in [2.75, 3.05) is 0 Å². The molecule has 0 fully saturated rings. The molecule has 2 aromatic rings. The van der Waals surface area contributed by atoms with E-state index in [4.69, 9.17) is 4.74 Å². The van der Waals surface area contributed by atoms with Gasteiger partial charge in [0, 0.05) is 0 Å². The van der Waals surface area contributed by atoms with Crippen LogP contribution in [0.3, 0.4) is 0 Å². The maximum atomic E-state index is 5.66. The second-order valence-electron chi connectivity index (χ2n) is 3.23. The SMILES string of the molecule is [Cs][c]1ccc(Oc2ccccc2)cc1. The summed E-state index contributed by atoms with van der Waals surface area (Å²) in [5.74, 6) is 1.80. The van der Waals surface area contributed by atoms with Gasteiger partial charge in [0.2, 0.25) is 0 Å². The third-order valence-corrected chi connectivity index (χ3v) is 4.09. The Morgan fingerprint density at radius 1 is 0.714 bits per heavy atom.